The van der Waals surface area contributed by atoms with Crippen LogP contribution in [0.1, 0.15) is 37.4 Å². The number of aliphatic hydroxyl groups is 1. The summed E-state index contributed by atoms with van der Waals surface area (Å²) in [5.74, 6) is 1.15. The Balaban J connectivity index is 1.71. The van der Waals surface area contributed by atoms with Crippen molar-refractivity contribution in [3.8, 4) is 11.5 Å². The molecule has 1 atom stereocenters. The second-order valence-corrected chi connectivity index (χ2v) is 6.52. The van der Waals surface area contributed by atoms with Gasteiger partial charge in [0.25, 0.3) is 0 Å². The number of rotatable bonds is 8. The number of hydrogen-bond donors (Lipinski definition) is 3. The molecule has 1 aromatic rings. The highest BCUT2D eigenvalue weighted by Crippen LogP contribution is 2.29. The number of benzene rings is 1. The average molecular weight is 365 g/mol. The quantitative estimate of drug-likeness (QED) is 0.656. The van der Waals surface area contributed by atoms with Crippen molar-refractivity contribution in [1.29, 1.82) is 0 Å². The molecule has 1 aliphatic heterocycles. The Hall–Kier alpha value is -1.99. The van der Waals surface area contributed by atoms with Crippen molar-refractivity contribution in [2.24, 2.45) is 0 Å². The van der Waals surface area contributed by atoms with E-state index in [1.165, 1.54) is 25.7 Å². The first-order chi connectivity index (χ1) is 12.6. The van der Waals surface area contributed by atoms with Gasteiger partial charge in [0, 0.05) is 19.6 Å². The second-order valence-electron chi connectivity index (χ2n) is 6.52. The summed E-state index contributed by atoms with van der Waals surface area (Å²) in [6, 6.07) is 4.94. The lowest BCUT2D eigenvalue weighted by Gasteiger charge is -2.20. The lowest BCUT2D eigenvalue weighted by molar-refractivity contribution is 0.172. The summed E-state index contributed by atoms with van der Waals surface area (Å²) >= 11 is 0. The van der Waals surface area contributed by atoms with Crippen LogP contribution in [0.2, 0.25) is 0 Å². The molecule has 1 saturated heterocycles. The maximum atomic E-state index is 11.9. The molecule has 0 aromatic heterocycles. The largest absolute Gasteiger partial charge is 0.493 e. The van der Waals surface area contributed by atoms with Gasteiger partial charge < -0.3 is 30.1 Å². The smallest absolute Gasteiger partial charge is 0.314 e. The SMILES string of the molecule is COc1ccc([C@@H](O)CNC(=O)NCCN2CCCCCC2)cc1OC. The molecule has 1 fully saturated rings. The number of likely N-dealkylation sites (tertiary alicyclic amines) is 1. The third kappa shape index (κ3) is 6.38. The molecule has 0 radical (unpaired) electrons. The van der Waals surface area contributed by atoms with Crippen LogP contribution in [0.25, 0.3) is 0 Å². The highest BCUT2D eigenvalue weighted by atomic mass is 16.5. The molecule has 7 nitrogen and oxygen atoms in total. The fourth-order valence-corrected chi connectivity index (χ4v) is 3.12. The third-order valence-corrected chi connectivity index (χ3v) is 4.66. The first-order valence-corrected chi connectivity index (χ1v) is 9.28. The summed E-state index contributed by atoms with van der Waals surface area (Å²) in [4.78, 5) is 14.3. The molecule has 2 rings (SSSR count). The van der Waals surface area contributed by atoms with Gasteiger partial charge in [-0.15, -0.1) is 0 Å². The Labute approximate surface area is 155 Å². The predicted molar refractivity (Wildman–Crippen MR) is 101 cm³/mol. The molecular weight excluding hydrogens is 334 g/mol. The van der Waals surface area contributed by atoms with E-state index in [1.807, 2.05) is 0 Å². The van der Waals surface area contributed by atoms with Crippen molar-refractivity contribution < 1.29 is 19.4 Å². The van der Waals surface area contributed by atoms with Gasteiger partial charge in [0.2, 0.25) is 0 Å². The molecule has 1 aliphatic rings. The van der Waals surface area contributed by atoms with Gasteiger partial charge in [0.1, 0.15) is 0 Å². The highest BCUT2D eigenvalue weighted by Gasteiger charge is 2.13. The van der Waals surface area contributed by atoms with Crippen molar-refractivity contribution >= 4 is 6.03 Å². The Morgan fingerprint density at radius 1 is 1.12 bits per heavy atom. The van der Waals surface area contributed by atoms with Crippen molar-refractivity contribution in [1.82, 2.24) is 15.5 Å². The summed E-state index contributed by atoms with van der Waals surface area (Å²) in [6.07, 6.45) is 4.27. The number of nitrogens with zero attached hydrogens (tertiary/aromatic N) is 1. The minimum Gasteiger partial charge on any atom is -0.493 e. The van der Waals surface area contributed by atoms with Gasteiger partial charge >= 0.3 is 6.03 Å². The van der Waals surface area contributed by atoms with Crippen molar-refractivity contribution in [3.05, 3.63) is 23.8 Å². The number of urea groups is 1. The van der Waals surface area contributed by atoms with E-state index < -0.39 is 6.10 Å². The van der Waals surface area contributed by atoms with Crippen LogP contribution >= 0.6 is 0 Å². The summed E-state index contributed by atoms with van der Waals surface area (Å²) in [7, 11) is 3.11. The summed E-state index contributed by atoms with van der Waals surface area (Å²) in [5.41, 5.74) is 0.660. The maximum absolute atomic E-state index is 11.9. The monoisotopic (exact) mass is 365 g/mol. The number of carbonyl (C=O) groups excluding carboxylic acids is 1. The van der Waals surface area contributed by atoms with E-state index in [-0.39, 0.29) is 12.6 Å². The zero-order chi connectivity index (χ0) is 18.8. The number of carbonyl (C=O) groups is 1. The minimum atomic E-state index is -0.814. The standard InChI is InChI=1S/C19H31N3O4/c1-25-17-8-7-15(13-18(17)26-2)16(23)14-21-19(24)20-9-12-22-10-5-3-4-6-11-22/h7-8,13,16,23H,3-6,9-12,14H2,1-2H3,(H2,20,21,24)/t16-/m0/s1. The molecule has 0 aliphatic carbocycles. The Bertz CT molecular complexity index is 560. The van der Waals surface area contributed by atoms with Crippen molar-refractivity contribution in [2.45, 2.75) is 31.8 Å². The van der Waals surface area contributed by atoms with Crippen molar-refractivity contribution in [2.75, 3.05) is 46.9 Å². The first kappa shape index (κ1) is 20.3. The van der Waals surface area contributed by atoms with E-state index in [2.05, 4.69) is 15.5 Å². The molecular formula is C19H31N3O4. The van der Waals surface area contributed by atoms with E-state index >= 15 is 0 Å². The molecule has 2 amide bonds. The zero-order valence-corrected chi connectivity index (χ0v) is 15.8. The van der Waals surface area contributed by atoms with E-state index in [4.69, 9.17) is 9.47 Å². The van der Waals surface area contributed by atoms with Gasteiger partial charge in [0.15, 0.2) is 11.5 Å². The lowest BCUT2D eigenvalue weighted by atomic mass is 10.1. The number of hydrogen-bond acceptors (Lipinski definition) is 5. The molecule has 26 heavy (non-hydrogen) atoms. The van der Waals surface area contributed by atoms with Crippen LogP contribution in [0.5, 0.6) is 11.5 Å². The van der Waals surface area contributed by atoms with Gasteiger partial charge in [-0.2, -0.15) is 0 Å². The van der Waals surface area contributed by atoms with Crippen LogP contribution in [-0.4, -0.2) is 63.0 Å². The van der Waals surface area contributed by atoms with Crippen LogP contribution in [0.15, 0.2) is 18.2 Å². The van der Waals surface area contributed by atoms with Gasteiger partial charge in [-0.25, -0.2) is 4.79 Å². The van der Waals surface area contributed by atoms with E-state index in [0.717, 1.165) is 19.6 Å². The Kier molecular flexibility index (Phi) is 8.50. The van der Waals surface area contributed by atoms with Crippen LogP contribution in [0, 0.1) is 0 Å². The Morgan fingerprint density at radius 3 is 2.46 bits per heavy atom. The molecule has 1 heterocycles. The van der Waals surface area contributed by atoms with Crippen LogP contribution < -0.4 is 20.1 Å². The molecule has 1 aromatic carbocycles. The van der Waals surface area contributed by atoms with Crippen molar-refractivity contribution in [3.63, 3.8) is 0 Å². The summed E-state index contributed by atoms with van der Waals surface area (Å²) < 4.78 is 10.4. The number of methoxy groups -OCH3 is 2. The number of amides is 2. The van der Waals surface area contributed by atoms with Crippen LogP contribution in [0.4, 0.5) is 4.79 Å². The molecule has 0 saturated carbocycles. The minimum absolute atomic E-state index is 0.130. The number of ether oxygens (including phenoxy) is 2. The van der Waals surface area contributed by atoms with Crippen LogP contribution in [-0.2, 0) is 0 Å². The first-order valence-electron chi connectivity index (χ1n) is 9.28. The average Bonchev–Trinajstić information content (AvgIpc) is 2.94. The third-order valence-electron chi connectivity index (χ3n) is 4.66. The summed E-state index contributed by atoms with van der Waals surface area (Å²) in [5, 5.41) is 15.8. The van der Waals surface area contributed by atoms with E-state index in [0.29, 0.717) is 23.6 Å². The predicted octanol–water partition coefficient (Wildman–Crippen LogP) is 1.91. The molecule has 7 heteroatoms. The molecule has 0 spiro atoms. The lowest BCUT2D eigenvalue weighted by Crippen LogP contribution is -2.41. The Morgan fingerprint density at radius 2 is 1.81 bits per heavy atom. The maximum Gasteiger partial charge on any atom is 0.314 e. The highest BCUT2D eigenvalue weighted by molar-refractivity contribution is 5.73. The molecule has 0 bridgehead atoms. The number of aliphatic hydroxyl groups excluding tert-OH is 1. The molecule has 3 N–H and O–H groups in total. The van der Waals surface area contributed by atoms with Gasteiger partial charge in [-0.3, -0.25) is 0 Å². The second kappa shape index (κ2) is 10.9. The van der Waals surface area contributed by atoms with E-state index in [1.54, 1.807) is 32.4 Å². The van der Waals surface area contributed by atoms with Gasteiger partial charge in [-0.05, 0) is 43.6 Å². The van der Waals surface area contributed by atoms with Crippen LogP contribution in [0.3, 0.4) is 0 Å². The topological polar surface area (TPSA) is 83.1 Å². The fourth-order valence-electron chi connectivity index (χ4n) is 3.12. The fraction of sp³-hybridized carbons (Fsp3) is 0.632. The van der Waals surface area contributed by atoms with Gasteiger partial charge in [-0.1, -0.05) is 18.9 Å². The zero-order valence-electron chi connectivity index (χ0n) is 15.8. The molecule has 146 valence electrons. The molecule has 0 unspecified atom stereocenters. The summed E-state index contributed by atoms with van der Waals surface area (Å²) in [6.45, 7) is 3.83. The number of nitrogens with one attached hydrogen (secondary N) is 2. The van der Waals surface area contributed by atoms with E-state index in [9.17, 15) is 9.90 Å². The van der Waals surface area contributed by atoms with Gasteiger partial charge in [0.05, 0.1) is 20.3 Å². The normalized spacial score (nSPS) is 16.4.